The van der Waals surface area contributed by atoms with E-state index in [1.807, 2.05) is 0 Å². The second kappa shape index (κ2) is 17.6. The Morgan fingerprint density at radius 3 is 1.93 bits per heavy atom. The number of hydrogen-bond donors (Lipinski definition) is 5. The molecular weight excluding hydrogens is 594 g/mol. The number of rotatable bonds is 10. The first-order valence-corrected chi connectivity index (χ1v) is 13.6. The molecule has 3 fully saturated rings. The van der Waals surface area contributed by atoms with Crippen molar-refractivity contribution in [1.82, 2.24) is 0 Å². The van der Waals surface area contributed by atoms with E-state index in [4.69, 9.17) is 23.7 Å². The third-order valence-corrected chi connectivity index (χ3v) is 7.69. The molecule has 0 spiro atoms. The number of aliphatic hydroxyl groups is 5. The predicted molar refractivity (Wildman–Crippen MR) is 130 cm³/mol. The molecule has 2 saturated heterocycles. The van der Waals surface area contributed by atoms with Crippen LogP contribution in [0, 0.1) is 0 Å². The molecule has 1 aliphatic carbocycles. The first-order chi connectivity index (χ1) is 19.5. The van der Waals surface area contributed by atoms with Crippen LogP contribution >= 0.6 is 0 Å². The van der Waals surface area contributed by atoms with Crippen molar-refractivity contribution in [3.05, 3.63) is 35.9 Å². The molecule has 1 aromatic rings. The van der Waals surface area contributed by atoms with Crippen molar-refractivity contribution < 1.29 is 128 Å². The maximum atomic E-state index is 11.9. The molecule has 0 bridgehead atoms. The summed E-state index contributed by atoms with van der Waals surface area (Å²) in [5.41, 5.74) is 0.559. The van der Waals surface area contributed by atoms with Crippen molar-refractivity contribution in [2.24, 2.45) is 0 Å². The molecule has 43 heavy (non-hydrogen) atoms. The van der Waals surface area contributed by atoms with Crippen LogP contribution in [0.4, 0.5) is 0 Å². The minimum absolute atomic E-state index is 0. The van der Waals surface area contributed by atoms with Crippen LogP contribution in [-0.4, -0.2) is 117 Å². The fourth-order valence-corrected chi connectivity index (χ4v) is 5.35. The van der Waals surface area contributed by atoms with E-state index in [2.05, 4.69) is 0 Å². The third-order valence-electron chi connectivity index (χ3n) is 7.69. The maximum absolute atomic E-state index is 11.9. The van der Waals surface area contributed by atoms with E-state index in [0.717, 1.165) is 0 Å². The van der Waals surface area contributed by atoms with Crippen LogP contribution in [0.15, 0.2) is 30.3 Å². The number of aliphatic hydroxyl groups excluding tert-OH is 5. The van der Waals surface area contributed by atoms with Crippen molar-refractivity contribution in [3.63, 3.8) is 0 Å². The first-order valence-electron chi connectivity index (χ1n) is 13.6. The number of carbonyl (C=O) groups excluding carboxylic acids is 2. The van der Waals surface area contributed by atoms with Crippen LogP contribution in [0.2, 0.25) is 0 Å². The van der Waals surface area contributed by atoms with Crippen LogP contribution in [0.1, 0.15) is 38.2 Å². The molecule has 13 atom stereocenters. The average molecular weight is 631 g/mol. The standard InChI is InChI=1S/C27H38O14.2Na/c1-12-17(28)18(29)19(30)26(37-12)39-14-9-5-6-10-15(14)40-27-21(32)22(20(31)23(41-27)25(35)36)38-16(24(33)34)11-13-7-3-2-4-8-13;;/h2-4,7-8,12,14-23,26-32H,5-6,9-11H2,1H3,(H,33,34)(H,35,36);;/q;2*+1/p-2/t12-,14+,15+,16-,17+,18-,19-,20+,21-,22-,23+,26-,27+;;/m0../s1. The molecule has 0 aromatic heterocycles. The number of aliphatic carboxylic acids is 2. The molecule has 0 amide bonds. The van der Waals surface area contributed by atoms with Gasteiger partial charge >= 0.3 is 59.1 Å². The average Bonchev–Trinajstić information content (AvgIpc) is 2.94. The van der Waals surface area contributed by atoms with Gasteiger partial charge in [0.05, 0.1) is 30.3 Å². The minimum atomic E-state index is -2.03. The van der Waals surface area contributed by atoms with Gasteiger partial charge in [-0.15, -0.1) is 0 Å². The minimum Gasteiger partial charge on any atom is -0.547 e. The molecule has 0 radical (unpaired) electrons. The summed E-state index contributed by atoms with van der Waals surface area (Å²) in [4.78, 5) is 23.6. The zero-order valence-corrected chi connectivity index (χ0v) is 28.3. The van der Waals surface area contributed by atoms with Gasteiger partial charge in [0.2, 0.25) is 0 Å². The normalized spacial score (nSPS) is 38.7. The molecule has 230 valence electrons. The van der Waals surface area contributed by atoms with Gasteiger partial charge in [-0.1, -0.05) is 43.2 Å². The Kier molecular flexibility index (Phi) is 16.0. The van der Waals surface area contributed by atoms with Crippen LogP contribution in [0.3, 0.4) is 0 Å². The summed E-state index contributed by atoms with van der Waals surface area (Å²) in [6.07, 6.45) is -17.3. The Labute approximate surface area is 292 Å². The van der Waals surface area contributed by atoms with E-state index in [0.29, 0.717) is 31.2 Å². The van der Waals surface area contributed by atoms with Gasteiger partial charge in [-0.3, -0.25) is 0 Å². The van der Waals surface area contributed by atoms with Gasteiger partial charge in [-0.2, -0.15) is 0 Å². The Morgan fingerprint density at radius 2 is 1.40 bits per heavy atom. The number of benzene rings is 1. The van der Waals surface area contributed by atoms with Gasteiger partial charge in [0.1, 0.15) is 48.8 Å². The summed E-state index contributed by atoms with van der Waals surface area (Å²) in [5.74, 6) is -3.48. The summed E-state index contributed by atoms with van der Waals surface area (Å²) < 4.78 is 28.2. The van der Waals surface area contributed by atoms with Crippen LogP contribution in [-0.2, 0) is 39.7 Å². The summed E-state index contributed by atoms with van der Waals surface area (Å²) >= 11 is 0. The quantitative estimate of drug-likeness (QED) is 0.151. The number of ether oxygens (including phenoxy) is 5. The zero-order valence-electron chi connectivity index (χ0n) is 24.3. The SMILES string of the molecule is C[C@@H]1O[C@@H](O[C@@H]2CCCC[C@H]2O[C@@H]2O[C@@H](C(=O)[O-])[C@H](O)[C@H](O[C@@H](Cc3ccccc3)C(=O)[O-])[C@@H]2O)[C@@H](O)[C@@H](O)[C@@H]1O.[Na+].[Na+]. The Balaban J connectivity index is 0.00000323. The second-order valence-electron chi connectivity index (χ2n) is 10.6. The topological polar surface area (TPSA) is 228 Å². The van der Waals surface area contributed by atoms with Gasteiger partial charge in [-0.05, 0) is 25.3 Å². The van der Waals surface area contributed by atoms with E-state index >= 15 is 0 Å². The number of carbonyl (C=O) groups is 2. The molecule has 1 saturated carbocycles. The van der Waals surface area contributed by atoms with Gasteiger partial charge < -0.3 is 69.0 Å². The Morgan fingerprint density at radius 1 is 0.837 bits per heavy atom. The Hall–Kier alpha value is -0.240. The van der Waals surface area contributed by atoms with Crippen molar-refractivity contribution in [2.45, 2.75) is 119 Å². The molecule has 14 nitrogen and oxygen atoms in total. The summed E-state index contributed by atoms with van der Waals surface area (Å²) in [7, 11) is 0. The molecule has 3 aliphatic rings. The molecule has 4 rings (SSSR count). The fraction of sp³-hybridized carbons (Fsp3) is 0.704. The van der Waals surface area contributed by atoms with Crippen molar-refractivity contribution >= 4 is 11.9 Å². The van der Waals surface area contributed by atoms with Gasteiger partial charge in [-0.25, -0.2) is 0 Å². The molecule has 0 unspecified atom stereocenters. The molecule has 1 aromatic carbocycles. The maximum Gasteiger partial charge on any atom is 1.00 e. The zero-order chi connectivity index (χ0) is 29.8. The summed E-state index contributed by atoms with van der Waals surface area (Å²) in [6.45, 7) is 1.50. The predicted octanol–water partition coefficient (Wildman–Crippen LogP) is -9.89. The molecule has 2 aliphatic heterocycles. The molecule has 2 heterocycles. The third kappa shape index (κ3) is 9.64. The van der Waals surface area contributed by atoms with Crippen molar-refractivity contribution in [2.75, 3.05) is 0 Å². The first kappa shape index (κ1) is 38.9. The molecule has 5 N–H and O–H groups in total. The smallest absolute Gasteiger partial charge is 0.547 e. The van der Waals surface area contributed by atoms with Crippen molar-refractivity contribution in [3.8, 4) is 0 Å². The summed E-state index contributed by atoms with van der Waals surface area (Å²) in [5, 5.41) is 75.8. The molecule has 16 heteroatoms. The number of carboxylic acid groups (broad SMARTS) is 2. The number of hydrogen-bond acceptors (Lipinski definition) is 14. The van der Waals surface area contributed by atoms with E-state index in [-0.39, 0.29) is 65.5 Å². The second-order valence-corrected chi connectivity index (χ2v) is 10.6. The molecular formula is C27H36Na2O14. The van der Waals surface area contributed by atoms with Gasteiger partial charge in [0, 0.05) is 6.42 Å². The fourth-order valence-electron chi connectivity index (χ4n) is 5.35. The van der Waals surface area contributed by atoms with E-state index < -0.39 is 91.7 Å². The summed E-state index contributed by atoms with van der Waals surface area (Å²) in [6, 6.07) is 8.37. The van der Waals surface area contributed by atoms with Crippen LogP contribution in [0.5, 0.6) is 0 Å². The van der Waals surface area contributed by atoms with Crippen LogP contribution < -0.4 is 69.3 Å². The van der Waals surface area contributed by atoms with Gasteiger partial charge in [0.25, 0.3) is 0 Å². The van der Waals surface area contributed by atoms with Crippen LogP contribution in [0.25, 0.3) is 0 Å². The monoisotopic (exact) mass is 630 g/mol. The largest absolute Gasteiger partial charge is 1.00 e. The Bertz CT molecular complexity index is 1020. The van der Waals surface area contributed by atoms with E-state index in [1.54, 1.807) is 30.3 Å². The van der Waals surface area contributed by atoms with E-state index in [1.165, 1.54) is 6.92 Å². The van der Waals surface area contributed by atoms with Crippen molar-refractivity contribution in [1.29, 1.82) is 0 Å². The van der Waals surface area contributed by atoms with E-state index in [9.17, 15) is 45.3 Å². The van der Waals surface area contributed by atoms with Gasteiger partial charge in [0.15, 0.2) is 12.6 Å². The number of carboxylic acids is 2.